The minimum Gasteiger partial charge on any atom is -0.490 e. The number of thioether (sulfide) groups is 1. The molecule has 9 heteroatoms. The first-order valence-electron chi connectivity index (χ1n) is 8.24. The molecule has 6 nitrogen and oxygen atoms in total. The lowest BCUT2D eigenvalue weighted by Crippen LogP contribution is -2.11. The van der Waals surface area contributed by atoms with Crippen LogP contribution in [-0.4, -0.2) is 47.0 Å². The second-order valence-electron chi connectivity index (χ2n) is 5.97. The van der Waals surface area contributed by atoms with Crippen molar-refractivity contribution in [1.82, 2.24) is 14.8 Å². The van der Waals surface area contributed by atoms with Gasteiger partial charge in [0, 0.05) is 18.2 Å². The molecule has 0 radical (unpaired) electrons. The maximum Gasteiger partial charge on any atom is 0.191 e. The molecular weight excluding hydrogens is 377 g/mol. The quantitative estimate of drug-likeness (QED) is 0.387. The average molecular weight is 397 g/mol. The van der Waals surface area contributed by atoms with Crippen molar-refractivity contribution in [3.05, 3.63) is 48.6 Å². The van der Waals surface area contributed by atoms with E-state index in [-0.39, 0.29) is 23.2 Å². The lowest BCUT2D eigenvalue weighted by molar-refractivity contribution is 0.325. The van der Waals surface area contributed by atoms with E-state index in [4.69, 9.17) is 4.74 Å². The van der Waals surface area contributed by atoms with Crippen molar-refractivity contribution in [3.63, 3.8) is 0 Å². The van der Waals surface area contributed by atoms with E-state index >= 15 is 0 Å². The van der Waals surface area contributed by atoms with Crippen molar-refractivity contribution < 1.29 is 17.5 Å². The number of benzene rings is 1. The predicted molar refractivity (Wildman–Crippen MR) is 98.8 cm³/mol. The molecule has 0 saturated carbocycles. The number of halogens is 1. The molecule has 1 unspecified atom stereocenters. The molecule has 1 fully saturated rings. The van der Waals surface area contributed by atoms with Gasteiger partial charge in [0.25, 0.3) is 0 Å². The fraction of sp³-hybridized carbons (Fsp3) is 0.412. The summed E-state index contributed by atoms with van der Waals surface area (Å²) < 4.78 is 44.3. The van der Waals surface area contributed by atoms with Gasteiger partial charge in [-0.25, -0.2) is 12.8 Å². The summed E-state index contributed by atoms with van der Waals surface area (Å²) in [6.07, 6.45) is 2.30. The zero-order valence-electron chi connectivity index (χ0n) is 14.2. The van der Waals surface area contributed by atoms with E-state index in [1.54, 1.807) is 24.3 Å². The molecule has 1 aromatic carbocycles. The average Bonchev–Trinajstić information content (AvgIpc) is 3.16. The molecule has 140 valence electrons. The van der Waals surface area contributed by atoms with Crippen molar-refractivity contribution in [2.45, 2.75) is 24.0 Å². The van der Waals surface area contributed by atoms with Gasteiger partial charge in [0.05, 0.1) is 18.1 Å². The van der Waals surface area contributed by atoms with E-state index < -0.39 is 15.7 Å². The number of nitrogens with zero attached hydrogens (tertiary/aromatic N) is 3. The maximum absolute atomic E-state index is 13.5. The van der Waals surface area contributed by atoms with Crippen molar-refractivity contribution in [2.24, 2.45) is 0 Å². The summed E-state index contributed by atoms with van der Waals surface area (Å²) >= 11 is 1.44. The number of para-hydroxylation sites is 1. The van der Waals surface area contributed by atoms with Crippen LogP contribution in [0.5, 0.6) is 5.75 Å². The van der Waals surface area contributed by atoms with Crippen LogP contribution >= 0.6 is 11.8 Å². The summed E-state index contributed by atoms with van der Waals surface area (Å²) in [5.41, 5.74) is 0. The molecule has 1 aliphatic heterocycles. The SMILES string of the molecule is C=CCn1c(SCCOc2ccccc2F)nnc1C1CCS(=O)(=O)C1. The lowest BCUT2D eigenvalue weighted by atomic mass is 10.1. The highest BCUT2D eigenvalue weighted by Crippen LogP contribution is 2.30. The summed E-state index contributed by atoms with van der Waals surface area (Å²) in [5, 5.41) is 9.09. The topological polar surface area (TPSA) is 74.1 Å². The van der Waals surface area contributed by atoms with Crippen molar-refractivity contribution in [1.29, 1.82) is 0 Å². The van der Waals surface area contributed by atoms with Crippen LogP contribution in [0.3, 0.4) is 0 Å². The van der Waals surface area contributed by atoms with E-state index in [0.717, 1.165) is 0 Å². The Balaban J connectivity index is 1.63. The number of sulfone groups is 1. The monoisotopic (exact) mass is 397 g/mol. The van der Waals surface area contributed by atoms with Crippen LogP contribution in [0.15, 0.2) is 42.1 Å². The summed E-state index contributed by atoms with van der Waals surface area (Å²) in [6.45, 7) is 4.58. The molecule has 1 atom stereocenters. The number of ether oxygens (including phenoxy) is 1. The smallest absolute Gasteiger partial charge is 0.191 e. The van der Waals surface area contributed by atoms with Crippen LogP contribution in [0.1, 0.15) is 18.2 Å². The lowest BCUT2D eigenvalue weighted by Gasteiger charge is -2.11. The molecule has 0 N–H and O–H groups in total. The normalized spacial score (nSPS) is 18.7. The van der Waals surface area contributed by atoms with Crippen LogP contribution in [0.25, 0.3) is 0 Å². The molecule has 0 aliphatic carbocycles. The third-order valence-corrected chi connectivity index (χ3v) is 6.76. The summed E-state index contributed by atoms with van der Waals surface area (Å²) in [6, 6.07) is 6.26. The van der Waals surface area contributed by atoms with E-state index in [2.05, 4.69) is 16.8 Å². The molecule has 1 aliphatic rings. The molecule has 2 aromatic rings. The maximum atomic E-state index is 13.5. The molecule has 0 bridgehead atoms. The fourth-order valence-corrected chi connectivity index (χ4v) is 5.37. The Bertz CT molecular complexity index is 883. The van der Waals surface area contributed by atoms with E-state index in [9.17, 15) is 12.8 Å². The second kappa shape index (κ2) is 8.22. The van der Waals surface area contributed by atoms with Gasteiger partial charge in [0.1, 0.15) is 5.82 Å². The largest absolute Gasteiger partial charge is 0.490 e. The third-order valence-electron chi connectivity index (χ3n) is 4.06. The molecule has 26 heavy (non-hydrogen) atoms. The van der Waals surface area contributed by atoms with Gasteiger partial charge in [-0.1, -0.05) is 30.0 Å². The zero-order chi connectivity index (χ0) is 18.6. The highest BCUT2D eigenvalue weighted by atomic mass is 32.2. The van der Waals surface area contributed by atoms with Crippen LogP contribution < -0.4 is 4.74 Å². The first-order chi connectivity index (χ1) is 12.5. The second-order valence-corrected chi connectivity index (χ2v) is 9.26. The van der Waals surface area contributed by atoms with Crippen molar-refractivity contribution in [3.8, 4) is 5.75 Å². The van der Waals surface area contributed by atoms with Gasteiger partial charge in [0.15, 0.2) is 26.6 Å². The van der Waals surface area contributed by atoms with Gasteiger partial charge >= 0.3 is 0 Å². The molecule has 2 heterocycles. The van der Waals surface area contributed by atoms with E-state index in [0.29, 0.717) is 36.3 Å². The highest BCUT2D eigenvalue weighted by Gasteiger charge is 2.33. The summed E-state index contributed by atoms with van der Waals surface area (Å²) in [7, 11) is -2.99. The Morgan fingerprint density at radius 3 is 2.88 bits per heavy atom. The number of aromatic nitrogens is 3. The Kier molecular flexibility index (Phi) is 5.98. The Morgan fingerprint density at radius 1 is 1.38 bits per heavy atom. The van der Waals surface area contributed by atoms with Crippen LogP contribution in [0.2, 0.25) is 0 Å². The van der Waals surface area contributed by atoms with Crippen LogP contribution in [0, 0.1) is 5.82 Å². The first-order valence-corrected chi connectivity index (χ1v) is 11.1. The fourth-order valence-electron chi connectivity index (χ4n) is 2.85. The number of hydrogen-bond donors (Lipinski definition) is 0. The molecular formula is C17H20FN3O3S2. The van der Waals surface area contributed by atoms with Gasteiger partial charge in [-0.3, -0.25) is 0 Å². The van der Waals surface area contributed by atoms with Crippen LogP contribution in [-0.2, 0) is 16.4 Å². The molecule has 1 aromatic heterocycles. The number of rotatable bonds is 8. The number of allylic oxidation sites excluding steroid dienone is 1. The molecule has 0 amide bonds. The van der Waals surface area contributed by atoms with E-state index in [1.807, 2.05) is 4.57 Å². The zero-order valence-corrected chi connectivity index (χ0v) is 15.8. The van der Waals surface area contributed by atoms with Gasteiger partial charge in [0.2, 0.25) is 0 Å². The predicted octanol–water partition coefficient (Wildman–Crippen LogP) is 2.68. The number of hydrogen-bond acceptors (Lipinski definition) is 6. The van der Waals surface area contributed by atoms with Crippen molar-refractivity contribution in [2.75, 3.05) is 23.9 Å². The Hall–Kier alpha value is -1.87. The summed E-state index contributed by atoms with van der Waals surface area (Å²) in [5.74, 6) is 1.25. The summed E-state index contributed by atoms with van der Waals surface area (Å²) in [4.78, 5) is 0. The van der Waals surface area contributed by atoms with Gasteiger partial charge in [-0.2, -0.15) is 0 Å². The van der Waals surface area contributed by atoms with Gasteiger partial charge < -0.3 is 9.30 Å². The van der Waals surface area contributed by atoms with Crippen LogP contribution in [0.4, 0.5) is 4.39 Å². The van der Waals surface area contributed by atoms with Gasteiger partial charge in [-0.15, -0.1) is 16.8 Å². The Morgan fingerprint density at radius 2 is 2.19 bits per heavy atom. The molecule has 0 spiro atoms. The highest BCUT2D eigenvalue weighted by molar-refractivity contribution is 7.99. The van der Waals surface area contributed by atoms with E-state index in [1.165, 1.54) is 17.8 Å². The molecule has 3 rings (SSSR count). The van der Waals surface area contributed by atoms with Gasteiger partial charge in [-0.05, 0) is 18.6 Å². The minimum atomic E-state index is -2.99. The minimum absolute atomic E-state index is 0.114. The third kappa shape index (κ3) is 4.45. The first kappa shape index (κ1) is 18.9. The Labute approximate surface area is 156 Å². The van der Waals surface area contributed by atoms with Crippen molar-refractivity contribution >= 4 is 21.6 Å². The molecule has 1 saturated heterocycles. The standard InChI is InChI=1S/C17H20FN3O3S2/c1-2-8-21-16(13-7-11-26(22,23)12-13)19-20-17(21)25-10-9-24-15-6-4-3-5-14(15)18/h2-6,13H,1,7-12H2.